The Bertz CT molecular complexity index is 770. The molecule has 0 spiro atoms. The predicted molar refractivity (Wildman–Crippen MR) is 109 cm³/mol. The maximum atomic E-state index is 13.4. The lowest BCUT2D eigenvalue weighted by Gasteiger charge is -2.36. The molecule has 3 nitrogen and oxygen atoms in total. The molecule has 1 aliphatic rings. The maximum absolute atomic E-state index is 13.4. The summed E-state index contributed by atoms with van der Waals surface area (Å²) >= 11 is 1.77. The number of methoxy groups -OCH3 is 1. The minimum atomic E-state index is -0.230. The average Bonchev–Trinajstić information content (AvgIpc) is 2.70. The van der Waals surface area contributed by atoms with E-state index in [1.165, 1.54) is 17.6 Å². The summed E-state index contributed by atoms with van der Waals surface area (Å²) in [5, 5.41) is 0.170. The zero-order chi connectivity index (χ0) is 19.2. The van der Waals surface area contributed by atoms with E-state index in [0.29, 0.717) is 6.42 Å². The average molecular weight is 383 g/mol. The standard InChI is InChI=1S/C23H26O3S/c1-16-11-13-19(14-12-16)27-20-10-6-9-18(15-21(24)26-2)22(20)23(25)17-7-4-3-5-8-17/h3-5,7-8,11-14,18,20,22H,6,9-10,15H2,1-2H3/t18-,20-,22-/m0/s1. The minimum Gasteiger partial charge on any atom is -0.469 e. The van der Waals surface area contributed by atoms with Crippen molar-refractivity contribution in [3.63, 3.8) is 0 Å². The van der Waals surface area contributed by atoms with Gasteiger partial charge in [-0.05, 0) is 37.8 Å². The second kappa shape index (κ2) is 9.23. The minimum absolute atomic E-state index is 0.0295. The van der Waals surface area contributed by atoms with E-state index in [-0.39, 0.29) is 28.8 Å². The highest BCUT2D eigenvalue weighted by Gasteiger charge is 2.40. The SMILES string of the molecule is COC(=O)C[C@@H]1CCC[C@H](Sc2ccc(C)cc2)[C@H]1C(=O)c1ccccc1. The summed E-state index contributed by atoms with van der Waals surface area (Å²) < 4.78 is 4.90. The number of thioether (sulfide) groups is 1. The monoisotopic (exact) mass is 382 g/mol. The Kier molecular flexibility index (Phi) is 6.73. The number of ether oxygens (including phenoxy) is 1. The lowest BCUT2D eigenvalue weighted by molar-refractivity contribution is -0.142. The van der Waals surface area contributed by atoms with Crippen LogP contribution in [0, 0.1) is 18.8 Å². The number of ketones is 1. The summed E-state index contributed by atoms with van der Waals surface area (Å²) in [7, 11) is 1.41. The van der Waals surface area contributed by atoms with Gasteiger partial charge in [-0.2, -0.15) is 0 Å². The molecule has 0 unspecified atom stereocenters. The van der Waals surface area contributed by atoms with Gasteiger partial charge in [-0.15, -0.1) is 11.8 Å². The Labute approximate surface area is 165 Å². The van der Waals surface area contributed by atoms with Crippen molar-refractivity contribution in [1.82, 2.24) is 0 Å². The van der Waals surface area contributed by atoms with Crippen LogP contribution in [0.3, 0.4) is 0 Å². The quantitative estimate of drug-likeness (QED) is 0.501. The van der Waals surface area contributed by atoms with Gasteiger partial charge in [0.15, 0.2) is 5.78 Å². The lowest BCUT2D eigenvalue weighted by atomic mass is 9.73. The van der Waals surface area contributed by atoms with Gasteiger partial charge in [-0.3, -0.25) is 9.59 Å². The first kappa shape index (κ1) is 19.7. The van der Waals surface area contributed by atoms with Crippen molar-refractivity contribution >= 4 is 23.5 Å². The van der Waals surface area contributed by atoms with Gasteiger partial charge in [-0.1, -0.05) is 54.4 Å². The number of benzene rings is 2. The van der Waals surface area contributed by atoms with E-state index in [0.717, 1.165) is 24.8 Å². The van der Waals surface area contributed by atoms with Crippen LogP contribution in [0.25, 0.3) is 0 Å². The van der Waals surface area contributed by atoms with Gasteiger partial charge in [0.25, 0.3) is 0 Å². The van der Waals surface area contributed by atoms with Gasteiger partial charge >= 0.3 is 5.97 Å². The van der Waals surface area contributed by atoms with Crippen LogP contribution in [0.4, 0.5) is 0 Å². The molecule has 0 amide bonds. The van der Waals surface area contributed by atoms with Crippen LogP contribution in [0.2, 0.25) is 0 Å². The number of hydrogen-bond donors (Lipinski definition) is 0. The molecule has 27 heavy (non-hydrogen) atoms. The molecular weight excluding hydrogens is 356 g/mol. The van der Waals surface area contributed by atoms with Crippen LogP contribution in [0.5, 0.6) is 0 Å². The number of carbonyl (C=O) groups excluding carboxylic acids is 2. The first-order valence-electron chi connectivity index (χ1n) is 9.48. The van der Waals surface area contributed by atoms with Crippen molar-refractivity contribution in [3.05, 3.63) is 65.7 Å². The summed E-state index contributed by atoms with van der Waals surface area (Å²) in [6.07, 6.45) is 3.22. The molecule has 1 fully saturated rings. The second-order valence-corrected chi connectivity index (χ2v) is 8.51. The van der Waals surface area contributed by atoms with Crippen LogP contribution in [-0.4, -0.2) is 24.1 Å². The van der Waals surface area contributed by atoms with E-state index < -0.39 is 0 Å². The van der Waals surface area contributed by atoms with Crippen LogP contribution < -0.4 is 0 Å². The fourth-order valence-corrected chi connectivity index (χ4v) is 5.29. The van der Waals surface area contributed by atoms with Gasteiger partial charge in [-0.25, -0.2) is 0 Å². The molecule has 142 valence electrons. The molecule has 0 aromatic heterocycles. The molecule has 3 rings (SSSR count). The van der Waals surface area contributed by atoms with Crippen molar-refractivity contribution in [2.75, 3.05) is 7.11 Å². The zero-order valence-electron chi connectivity index (χ0n) is 15.9. The first-order chi connectivity index (χ1) is 13.1. The number of carbonyl (C=O) groups is 2. The Morgan fingerprint density at radius 2 is 1.74 bits per heavy atom. The van der Waals surface area contributed by atoms with Crippen LogP contribution in [0.1, 0.15) is 41.6 Å². The number of esters is 1. The van der Waals surface area contributed by atoms with E-state index in [9.17, 15) is 9.59 Å². The number of aryl methyl sites for hydroxylation is 1. The van der Waals surface area contributed by atoms with Crippen LogP contribution in [-0.2, 0) is 9.53 Å². The molecule has 0 heterocycles. The molecule has 0 bridgehead atoms. The normalized spacial score (nSPS) is 22.2. The molecular formula is C23H26O3S. The number of hydrogen-bond acceptors (Lipinski definition) is 4. The van der Waals surface area contributed by atoms with Gasteiger partial charge in [0.1, 0.15) is 0 Å². The van der Waals surface area contributed by atoms with Gasteiger partial charge in [0.2, 0.25) is 0 Å². The Hall–Kier alpha value is -2.07. The molecule has 0 radical (unpaired) electrons. The van der Waals surface area contributed by atoms with Crippen molar-refractivity contribution in [1.29, 1.82) is 0 Å². The molecule has 0 N–H and O–H groups in total. The van der Waals surface area contributed by atoms with Crippen molar-refractivity contribution < 1.29 is 14.3 Å². The first-order valence-corrected chi connectivity index (χ1v) is 10.4. The third-order valence-corrected chi connectivity index (χ3v) is 6.67. The van der Waals surface area contributed by atoms with E-state index in [2.05, 4.69) is 31.2 Å². The Morgan fingerprint density at radius 1 is 1.04 bits per heavy atom. The number of Topliss-reactive ketones (excluding diaryl/α,β-unsaturated/α-hetero) is 1. The third-order valence-electron chi connectivity index (χ3n) is 5.30. The summed E-state index contributed by atoms with van der Waals surface area (Å²) in [5.41, 5.74) is 1.96. The lowest BCUT2D eigenvalue weighted by Crippen LogP contribution is -2.38. The molecule has 1 aliphatic carbocycles. The number of rotatable bonds is 6. The highest BCUT2D eigenvalue weighted by Crippen LogP contribution is 2.43. The van der Waals surface area contributed by atoms with Gasteiger partial charge in [0, 0.05) is 28.0 Å². The maximum Gasteiger partial charge on any atom is 0.305 e. The van der Waals surface area contributed by atoms with Crippen molar-refractivity contribution in [3.8, 4) is 0 Å². The van der Waals surface area contributed by atoms with E-state index >= 15 is 0 Å². The van der Waals surface area contributed by atoms with Gasteiger partial charge in [0.05, 0.1) is 7.11 Å². The molecule has 4 heteroatoms. The largest absolute Gasteiger partial charge is 0.469 e. The third kappa shape index (κ3) is 5.01. The Morgan fingerprint density at radius 3 is 2.41 bits per heavy atom. The molecule has 2 aromatic rings. The smallest absolute Gasteiger partial charge is 0.305 e. The van der Waals surface area contributed by atoms with Crippen LogP contribution in [0.15, 0.2) is 59.5 Å². The summed E-state index contributed by atoms with van der Waals surface area (Å²) in [4.78, 5) is 26.5. The molecule has 0 aliphatic heterocycles. The van der Waals surface area contributed by atoms with Crippen LogP contribution >= 0.6 is 11.8 Å². The summed E-state index contributed by atoms with van der Waals surface area (Å²) in [6.45, 7) is 2.07. The predicted octanol–water partition coefficient (Wildman–Crippen LogP) is 5.32. The molecule has 2 aromatic carbocycles. The topological polar surface area (TPSA) is 43.4 Å². The highest BCUT2D eigenvalue weighted by molar-refractivity contribution is 8.00. The summed E-state index contributed by atoms with van der Waals surface area (Å²) in [5.74, 6) is -0.228. The fourth-order valence-electron chi connectivity index (χ4n) is 3.87. The molecule has 0 saturated heterocycles. The van der Waals surface area contributed by atoms with E-state index in [1.54, 1.807) is 11.8 Å². The molecule has 3 atom stereocenters. The second-order valence-electron chi connectivity index (χ2n) is 7.20. The van der Waals surface area contributed by atoms with E-state index in [1.807, 2.05) is 30.3 Å². The van der Waals surface area contributed by atoms with Gasteiger partial charge < -0.3 is 4.74 Å². The summed E-state index contributed by atoms with van der Waals surface area (Å²) in [6, 6.07) is 17.9. The highest BCUT2D eigenvalue weighted by atomic mass is 32.2. The molecule has 1 saturated carbocycles. The van der Waals surface area contributed by atoms with Crippen molar-refractivity contribution in [2.24, 2.45) is 11.8 Å². The Balaban J connectivity index is 1.87. The van der Waals surface area contributed by atoms with Crippen molar-refractivity contribution in [2.45, 2.75) is 42.8 Å². The zero-order valence-corrected chi connectivity index (χ0v) is 16.7. The van der Waals surface area contributed by atoms with E-state index in [4.69, 9.17) is 4.74 Å². The fraction of sp³-hybridized carbons (Fsp3) is 0.391.